The fraction of sp³-hybridized carbons (Fsp3) is 0.625. The van der Waals surface area contributed by atoms with Gasteiger partial charge in [-0.25, -0.2) is 0 Å². The highest BCUT2D eigenvalue weighted by Crippen LogP contribution is 1.92. The van der Waals surface area contributed by atoms with E-state index in [1.54, 1.807) is 14.0 Å². The molecule has 0 rings (SSSR count). The Kier molecular flexibility index (Phi) is 4.32. The maximum atomic E-state index is 11.1. The van der Waals surface area contributed by atoms with E-state index in [1.165, 1.54) is 4.90 Å². The van der Waals surface area contributed by atoms with Crippen molar-refractivity contribution in [2.75, 3.05) is 13.6 Å². The van der Waals surface area contributed by atoms with Crippen LogP contribution in [0.3, 0.4) is 0 Å². The van der Waals surface area contributed by atoms with Gasteiger partial charge in [-0.05, 0) is 6.92 Å². The Labute approximate surface area is 67.6 Å². The molecule has 0 saturated heterocycles. The predicted molar refractivity (Wildman–Crippen MR) is 44.7 cm³/mol. The van der Waals surface area contributed by atoms with E-state index in [9.17, 15) is 4.79 Å². The molecule has 1 amide bonds. The van der Waals surface area contributed by atoms with E-state index < -0.39 is 0 Å². The quantitative estimate of drug-likeness (QED) is 0.573. The molecule has 0 radical (unpaired) electrons. The van der Waals surface area contributed by atoms with Crippen molar-refractivity contribution in [3.8, 4) is 12.3 Å². The van der Waals surface area contributed by atoms with Gasteiger partial charge in [0, 0.05) is 19.5 Å². The lowest BCUT2D eigenvalue weighted by molar-refractivity contribution is -0.129. The van der Waals surface area contributed by atoms with Gasteiger partial charge in [-0.2, -0.15) is 0 Å². The number of hydrogen-bond acceptors (Lipinski definition) is 2. The van der Waals surface area contributed by atoms with Gasteiger partial charge in [0.1, 0.15) is 0 Å². The van der Waals surface area contributed by atoms with Crippen LogP contribution in [0.1, 0.15) is 13.3 Å². The first-order valence-corrected chi connectivity index (χ1v) is 3.51. The van der Waals surface area contributed by atoms with Crippen LogP contribution in [0.5, 0.6) is 0 Å². The van der Waals surface area contributed by atoms with Gasteiger partial charge in [-0.3, -0.25) is 4.79 Å². The summed E-state index contributed by atoms with van der Waals surface area (Å²) in [5, 5.41) is 0. The van der Waals surface area contributed by atoms with Crippen LogP contribution in [-0.2, 0) is 4.79 Å². The summed E-state index contributed by atoms with van der Waals surface area (Å²) in [6, 6.07) is -0.0947. The summed E-state index contributed by atoms with van der Waals surface area (Å²) in [6.45, 7) is 2.15. The molecule has 0 fully saturated rings. The normalized spacial score (nSPS) is 11.8. The Balaban J connectivity index is 3.75. The van der Waals surface area contributed by atoms with Crippen molar-refractivity contribution in [2.24, 2.45) is 5.73 Å². The molecule has 0 heterocycles. The lowest BCUT2D eigenvalue weighted by Crippen LogP contribution is -2.32. The number of nitrogens with two attached hydrogens (primary N) is 1. The fourth-order valence-electron chi connectivity index (χ4n) is 0.656. The zero-order chi connectivity index (χ0) is 8.85. The molecule has 0 bridgehead atoms. The summed E-state index contributed by atoms with van der Waals surface area (Å²) in [5.41, 5.74) is 5.43. The van der Waals surface area contributed by atoms with Gasteiger partial charge in [-0.15, -0.1) is 6.42 Å². The molecule has 3 nitrogen and oxygen atoms in total. The summed E-state index contributed by atoms with van der Waals surface area (Å²) in [6.07, 6.45) is 5.38. The van der Waals surface area contributed by atoms with Gasteiger partial charge in [0.2, 0.25) is 5.91 Å². The second kappa shape index (κ2) is 4.75. The topological polar surface area (TPSA) is 46.3 Å². The maximum Gasteiger partial charge on any atom is 0.224 e. The van der Waals surface area contributed by atoms with Crippen molar-refractivity contribution >= 4 is 5.91 Å². The van der Waals surface area contributed by atoms with Gasteiger partial charge in [0.25, 0.3) is 0 Å². The summed E-state index contributed by atoms with van der Waals surface area (Å²) >= 11 is 0. The van der Waals surface area contributed by atoms with Gasteiger partial charge >= 0.3 is 0 Å². The van der Waals surface area contributed by atoms with Crippen molar-refractivity contribution in [1.82, 2.24) is 4.90 Å². The number of carbonyl (C=O) groups is 1. The van der Waals surface area contributed by atoms with E-state index in [0.29, 0.717) is 13.0 Å². The van der Waals surface area contributed by atoms with E-state index in [2.05, 4.69) is 5.92 Å². The van der Waals surface area contributed by atoms with E-state index >= 15 is 0 Å². The maximum absolute atomic E-state index is 11.1. The molecule has 0 saturated carbocycles. The van der Waals surface area contributed by atoms with Gasteiger partial charge in [0.15, 0.2) is 0 Å². The Morgan fingerprint density at radius 2 is 2.36 bits per heavy atom. The average molecular weight is 154 g/mol. The van der Waals surface area contributed by atoms with Crippen LogP contribution in [0, 0.1) is 12.3 Å². The second-order valence-corrected chi connectivity index (χ2v) is 2.64. The molecule has 0 aliphatic carbocycles. The summed E-state index contributed by atoms with van der Waals surface area (Å²) < 4.78 is 0. The molecule has 1 unspecified atom stereocenters. The van der Waals surface area contributed by atoms with E-state index in [1.807, 2.05) is 0 Å². The third kappa shape index (κ3) is 4.40. The lowest BCUT2D eigenvalue weighted by atomic mass is 10.2. The zero-order valence-electron chi connectivity index (χ0n) is 7.00. The largest absolute Gasteiger partial charge is 0.335 e. The van der Waals surface area contributed by atoms with Crippen molar-refractivity contribution in [3.63, 3.8) is 0 Å². The Morgan fingerprint density at radius 3 is 2.73 bits per heavy atom. The van der Waals surface area contributed by atoms with Crippen molar-refractivity contribution < 1.29 is 4.79 Å². The third-order valence-corrected chi connectivity index (χ3v) is 1.25. The van der Waals surface area contributed by atoms with E-state index in [0.717, 1.165) is 0 Å². The van der Waals surface area contributed by atoms with Gasteiger partial charge < -0.3 is 10.6 Å². The molecule has 0 spiro atoms. The van der Waals surface area contributed by atoms with Crippen LogP contribution in [0.25, 0.3) is 0 Å². The number of terminal acetylenes is 1. The minimum Gasteiger partial charge on any atom is -0.335 e. The van der Waals surface area contributed by atoms with E-state index in [-0.39, 0.29) is 11.9 Å². The van der Waals surface area contributed by atoms with Gasteiger partial charge in [-0.1, -0.05) is 5.92 Å². The molecule has 11 heavy (non-hydrogen) atoms. The lowest BCUT2D eigenvalue weighted by Gasteiger charge is -2.14. The number of amides is 1. The van der Waals surface area contributed by atoms with Crippen molar-refractivity contribution in [1.29, 1.82) is 0 Å². The van der Waals surface area contributed by atoms with Crippen LogP contribution in [-0.4, -0.2) is 30.4 Å². The Bertz CT molecular complexity index is 169. The van der Waals surface area contributed by atoms with Crippen LogP contribution in [0.2, 0.25) is 0 Å². The third-order valence-electron chi connectivity index (χ3n) is 1.25. The highest BCUT2D eigenvalue weighted by molar-refractivity contribution is 5.76. The zero-order valence-corrected chi connectivity index (χ0v) is 7.00. The highest BCUT2D eigenvalue weighted by atomic mass is 16.2. The van der Waals surface area contributed by atoms with Crippen LogP contribution in [0.4, 0.5) is 0 Å². The first kappa shape index (κ1) is 9.99. The first-order chi connectivity index (χ1) is 5.07. The first-order valence-electron chi connectivity index (χ1n) is 3.51. The molecule has 2 N–H and O–H groups in total. The summed E-state index contributed by atoms with van der Waals surface area (Å²) in [7, 11) is 1.67. The number of rotatable bonds is 3. The minimum absolute atomic E-state index is 0.00190. The average Bonchev–Trinajstić information content (AvgIpc) is 1.86. The number of hydrogen-bond donors (Lipinski definition) is 1. The smallest absolute Gasteiger partial charge is 0.224 e. The van der Waals surface area contributed by atoms with E-state index in [4.69, 9.17) is 12.2 Å². The van der Waals surface area contributed by atoms with Crippen molar-refractivity contribution in [2.45, 2.75) is 19.4 Å². The standard InChI is InChI=1S/C8H14N2O/c1-4-5-10(3)8(11)6-7(2)9/h1,7H,5-6,9H2,2-3H3. The Hall–Kier alpha value is -1.01. The second-order valence-electron chi connectivity index (χ2n) is 2.64. The molecular weight excluding hydrogens is 140 g/mol. The molecule has 0 aromatic carbocycles. The summed E-state index contributed by atoms with van der Waals surface area (Å²) in [5.74, 6) is 2.38. The summed E-state index contributed by atoms with van der Waals surface area (Å²) in [4.78, 5) is 12.6. The molecular formula is C8H14N2O. The molecule has 0 aromatic heterocycles. The molecule has 0 aliphatic rings. The van der Waals surface area contributed by atoms with Crippen molar-refractivity contribution in [3.05, 3.63) is 0 Å². The molecule has 3 heteroatoms. The fourth-order valence-corrected chi connectivity index (χ4v) is 0.656. The SMILES string of the molecule is C#CCN(C)C(=O)CC(C)N. The number of carbonyl (C=O) groups excluding carboxylic acids is 1. The highest BCUT2D eigenvalue weighted by Gasteiger charge is 2.08. The molecule has 62 valence electrons. The molecule has 1 atom stereocenters. The van der Waals surface area contributed by atoms with Crippen LogP contribution in [0.15, 0.2) is 0 Å². The molecule has 0 aliphatic heterocycles. The monoisotopic (exact) mass is 154 g/mol. The minimum atomic E-state index is -0.0947. The molecule has 0 aromatic rings. The predicted octanol–water partition coefficient (Wildman–Crippen LogP) is -0.185. The Morgan fingerprint density at radius 1 is 1.82 bits per heavy atom. The van der Waals surface area contributed by atoms with Gasteiger partial charge in [0.05, 0.1) is 6.54 Å². The number of nitrogens with zero attached hydrogens (tertiary/aromatic N) is 1. The van der Waals surface area contributed by atoms with Crippen LogP contribution < -0.4 is 5.73 Å². The van der Waals surface area contributed by atoms with Crippen LogP contribution >= 0.6 is 0 Å².